The van der Waals surface area contributed by atoms with Crippen molar-refractivity contribution in [2.75, 3.05) is 19.1 Å². The second-order valence-electron chi connectivity index (χ2n) is 5.03. The van der Waals surface area contributed by atoms with Gasteiger partial charge in [-0.3, -0.25) is 0 Å². The topological polar surface area (TPSA) is 38.5 Å². The van der Waals surface area contributed by atoms with E-state index >= 15 is 0 Å². The van der Waals surface area contributed by atoms with Gasteiger partial charge in [-0.2, -0.15) is 0 Å². The second kappa shape index (κ2) is 6.44. The zero-order chi connectivity index (χ0) is 14.5. The van der Waals surface area contributed by atoms with Crippen molar-refractivity contribution in [1.82, 2.24) is 0 Å². The minimum absolute atomic E-state index is 0.584. The van der Waals surface area contributed by atoms with E-state index in [-0.39, 0.29) is 0 Å². The molecule has 0 saturated heterocycles. The molecule has 2 aromatic rings. The molecule has 106 valence electrons. The standard InChI is InChI=1S/C17H22N2O/c1-13-9-14(11-18)7-8-17(13)19(2)12-15-5-4-6-16(10-15)20-3/h4-10H,11-12,18H2,1-3H3. The summed E-state index contributed by atoms with van der Waals surface area (Å²) in [5.74, 6) is 0.895. The van der Waals surface area contributed by atoms with Crippen LogP contribution in [0, 0.1) is 6.92 Å². The van der Waals surface area contributed by atoms with Gasteiger partial charge >= 0.3 is 0 Å². The van der Waals surface area contributed by atoms with Crippen LogP contribution in [0.3, 0.4) is 0 Å². The monoisotopic (exact) mass is 270 g/mol. The number of aryl methyl sites for hydroxylation is 1. The molecule has 0 aliphatic heterocycles. The zero-order valence-electron chi connectivity index (χ0n) is 12.4. The summed E-state index contributed by atoms with van der Waals surface area (Å²) in [5.41, 5.74) is 10.5. The number of anilines is 1. The first-order valence-corrected chi connectivity index (χ1v) is 6.77. The van der Waals surface area contributed by atoms with Crippen molar-refractivity contribution in [3.63, 3.8) is 0 Å². The number of ether oxygens (including phenoxy) is 1. The molecule has 0 fully saturated rings. The summed E-state index contributed by atoms with van der Waals surface area (Å²) in [5, 5.41) is 0. The van der Waals surface area contributed by atoms with Gasteiger partial charge < -0.3 is 15.4 Å². The number of nitrogens with two attached hydrogens (primary N) is 1. The lowest BCUT2D eigenvalue weighted by molar-refractivity contribution is 0.414. The van der Waals surface area contributed by atoms with E-state index in [1.54, 1.807) is 7.11 Å². The molecule has 0 amide bonds. The predicted octanol–water partition coefficient (Wildman–Crippen LogP) is 3.10. The first-order valence-electron chi connectivity index (χ1n) is 6.77. The highest BCUT2D eigenvalue weighted by molar-refractivity contribution is 5.54. The molecule has 2 aromatic carbocycles. The van der Waals surface area contributed by atoms with Crippen molar-refractivity contribution >= 4 is 5.69 Å². The van der Waals surface area contributed by atoms with Crippen LogP contribution < -0.4 is 15.4 Å². The van der Waals surface area contributed by atoms with E-state index in [9.17, 15) is 0 Å². The van der Waals surface area contributed by atoms with Crippen molar-refractivity contribution in [1.29, 1.82) is 0 Å². The van der Waals surface area contributed by atoms with Crippen LogP contribution in [-0.2, 0) is 13.1 Å². The quantitative estimate of drug-likeness (QED) is 0.907. The molecular formula is C17H22N2O. The molecule has 0 bridgehead atoms. The first-order chi connectivity index (χ1) is 9.63. The van der Waals surface area contributed by atoms with Crippen molar-refractivity contribution in [3.05, 3.63) is 59.2 Å². The normalized spacial score (nSPS) is 10.4. The van der Waals surface area contributed by atoms with Crippen LogP contribution in [0.15, 0.2) is 42.5 Å². The fraction of sp³-hybridized carbons (Fsp3) is 0.294. The van der Waals surface area contributed by atoms with E-state index in [0.717, 1.165) is 12.3 Å². The molecule has 3 nitrogen and oxygen atoms in total. The van der Waals surface area contributed by atoms with Crippen LogP contribution in [0.1, 0.15) is 16.7 Å². The highest BCUT2D eigenvalue weighted by Crippen LogP contribution is 2.23. The fourth-order valence-electron chi connectivity index (χ4n) is 2.40. The summed E-state index contributed by atoms with van der Waals surface area (Å²) in [6.45, 7) is 3.55. The molecule has 0 radical (unpaired) electrons. The molecule has 0 atom stereocenters. The largest absolute Gasteiger partial charge is 0.497 e. The number of benzene rings is 2. The SMILES string of the molecule is COc1cccc(CN(C)c2ccc(CN)cc2C)c1. The molecule has 2 N–H and O–H groups in total. The van der Waals surface area contributed by atoms with E-state index < -0.39 is 0 Å². The van der Waals surface area contributed by atoms with Crippen LogP contribution in [0.2, 0.25) is 0 Å². The maximum Gasteiger partial charge on any atom is 0.119 e. The summed E-state index contributed by atoms with van der Waals surface area (Å²) in [6, 6.07) is 14.5. The van der Waals surface area contributed by atoms with Crippen molar-refractivity contribution in [3.8, 4) is 5.75 Å². The van der Waals surface area contributed by atoms with Gasteiger partial charge in [-0.05, 0) is 41.8 Å². The average molecular weight is 270 g/mol. The second-order valence-corrected chi connectivity index (χ2v) is 5.03. The Kier molecular flexibility index (Phi) is 4.64. The molecule has 0 aliphatic carbocycles. The number of rotatable bonds is 5. The molecule has 0 saturated carbocycles. The highest BCUT2D eigenvalue weighted by Gasteiger charge is 2.06. The van der Waals surface area contributed by atoms with Crippen LogP contribution in [0.25, 0.3) is 0 Å². The maximum absolute atomic E-state index is 5.67. The van der Waals surface area contributed by atoms with E-state index in [2.05, 4.69) is 49.2 Å². The molecule has 0 heterocycles. The Hall–Kier alpha value is -2.00. The lowest BCUT2D eigenvalue weighted by atomic mass is 10.1. The maximum atomic E-state index is 5.67. The van der Waals surface area contributed by atoms with E-state index in [1.165, 1.54) is 22.4 Å². The van der Waals surface area contributed by atoms with Gasteiger partial charge in [0, 0.05) is 25.8 Å². The minimum atomic E-state index is 0.584. The van der Waals surface area contributed by atoms with Crippen LogP contribution >= 0.6 is 0 Å². The number of methoxy groups -OCH3 is 1. The Morgan fingerprint density at radius 2 is 1.90 bits per heavy atom. The Labute approximate surface area is 121 Å². The van der Waals surface area contributed by atoms with Crippen molar-refractivity contribution in [2.45, 2.75) is 20.0 Å². The van der Waals surface area contributed by atoms with Gasteiger partial charge in [0.15, 0.2) is 0 Å². The van der Waals surface area contributed by atoms with Crippen LogP contribution in [-0.4, -0.2) is 14.2 Å². The molecule has 3 heteroatoms. The fourth-order valence-corrected chi connectivity index (χ4v) is 2.40. The third kappa shape index (κ3) is 3.31. The van der Waals surface area contributed by atoms with Gasteiger partial charge in [-0.1, -0.05) is 24.3 Å². The number of nitrogens with zero attached hydrogens (tertiary/aromatic N) is 1. The van der Waals surface area contributed by atoms with Gasteiger partial charge in [-0.15, -0.1) is 0 Å². The number of hydrogen-bond donors (Lipinski definition) is 1. The Morgan fingerprint density at radius 3 is 2.55 bits per heavy atom. The smallest absolute Gasteiger partial charge is 0.119 e. The molecule has 2 rings (SSSR count). The van der Waals surface area contributed by atoms with Gasteiger partial charge in [0.25, 0.3) is 0 Å². The summed E-state index contributed by atoms with van der Waals surface area (Å²) >= 11 is 0. The summed E-state index contributed by atoms with van der Waals surface area (Å²) < 4.78 is 5.26. The minimum Gasteiger partial charge on any atom is -0.497 e. The zero-order valence-corrected chi connectivity index (χ0v) is 12.4. The van der Waals surface area contributed by atoms with Gasteiger partial charge in [0.2, 0.25) is 0 Å². The highest BCUT2D eigenvalue weighted by atomic mass is 16.5. The third-order valence-electron chi connectivity index (χ3n) is 3.46. The van der Waals surface area contributed by atoms with Gasteiger partial charge in [0.05, 0.1) is 7.11 Å². The van der Waals surface area contributed by atoms with E-state index in [4.69, 9.17) is 10.5 Å². The molecule has 0 spiro atoms. The Balaban J connectivity index is 2.16. The third-order valence-corrected chi connectivity index (χ3v) is 3.46. The predicted molar refractivity (Wildman–Crippen MR) is 84.2 cm³/mol. The molecular weight excluding hydrogens is 248 g/mol. The summed E-state index contributed by atoms with van der Waals surface area (Å²) in [7, 11) is 3.79. The van der Waals surface area contributed by atoms with E-state index in [1.807, 2.05) is 12.1 Å². The Bertz CT molecular complexity index is 581. The van der Waals surface area contributed by atoms with E-state index in [0.29, 0.717) is 6.54 Å². The van der Waals surface area contributed by atoms with Crippen molar-refractivity contribution in [2.24, 2.45) is 5.73 Å². The summed E-state index contributed by atoms with van der Waals surface area (Å²) in [4.78, 5) is 2.24. The molecule has 20 heavy (non-hydrogen) atoms. The summed E-state index contributed by atoms with van der Waals surface area (Å²) in [6.07, 6.45) is 0. The van der Waals surface area contributed by atoms with Gasteiger partial charge in [-0.25, -0.2) is 0 Å². The lowest BCUT2D eigenvalue weighted by Crippen LogP contribution is -2.17. The van der Waals surface area contributed by atoms with Gasteiger partial charge in [0.1, 0.15) is 5.75 Å². The van der Waals surface area contributed by atoms with Crippen LogP contribution in [0.5, 0.6) is 5.75 Å². The number of hydrogen-bond acceptors (Lipinski definition) is 3. The van der Waals surface area contributed by atoms with Crippen molar-refractivity contribution < 1.29 is 4.74 Å². The average Bonchev–Trinajstić information content (AvgIpc) is 2.47. The lowest BCUT2D eigenvalue weighted by Gasteiger charge is -2.22. The molecule has 0 aromatic heterocycles. The molecule has 0 aliphatic rings. The Morgan fingerprint density at radius 1 is 1.10 bits per heavy atom. The van der Waals surface area contributed by atoms with Crippen LogP contribution in [0.4, 0.5) is 5.69 Å². The molecule has 0 unspecified atom stereocenters. The first kappa shape index (κ1) is 14.4.